The summed E-state index contributed by atoms with van der Waals surface area (Å²) in [7, 11) is 0. The highest BCUT2D eigenvalue weighted by molar-refractivity contribution is 4.99. The molecule has 0 atom stereocenters. The van der Waals surface area contributed by atoms with Gasteiger partial charge in [0.1, 0.15) is 11.6 Å². The molecule has 5 nitrogen and oxygen atoms in total. The molecule has 1 saturated carbocycles. The lowest BCUT2D eigenvalue weighted by Crippen LogP contribution is -2.38. The van der Waals surface area contributed by atoms with Crippen LogP contribution in [0, 0.1) is 5.92 Å². The number of likely N-dealkylation sites (tertiary alicyclic amines) is 1. The molecule has 3 aliphatic rings. The molecule has 0 radical (unpaired) electrons. The molecule has 2 aliphatic heterocycles. The number of nitrogens with zero attached hydrogens (tertiary/aromatic N) is 5. The first-order chi connectivity index (χ1) is 10.9. The minimum atomic E-state index is 0.933. The Morgan fingerprint density at radius 1 is 0.818 bits per heavy atom. The standard InChI is InChI=1S/C17H29N5/c1-4-8-20(9-5-1)13-16-18-19-17-14-21(10-11-22(16)17)12-15-6-2-3-7-15/h15H,1-14H2. The zero-order chi connectivity index (χ0) is 14.8. The molecule has 1 saturated heterocycles. The third kappa shape index (κ3) is 3.20. The van der Waals surface area contributed by atoms with Gasteiger partial charge >= 0.3 is 0 Å². The molecule has 1 aromatic rings. The summed E-state index contributed by atoms with van der Waals surface area (Å²) in [5, 5.41) is 8.99. The summed E-state index contributed by atoms with van der Waals surface area (Å²) >= 11 is 0. The fraction of sp³-hybridized carbons (Fsp3) is 0.882. The summed E-state index contributed by atoms with van der Waals surface area (Å²) in [5.41, 5.74) is 0. The Hall–Kier alpha value is -0.940. The highest BCUT2D eigenvalue weighted by Gasteiger charge is 2.25. The van der Waals surface area contributed by atoms with Crippen LogP contribution in [0.25, 0.3) is 0 Å². The van der Waals surface area contributed by atoms with Crippen LogP contribution >= 0.6 is 0 Å². The van der Waals surface area contributed by atoms with Crippen LogP contribution in [0.3, 0.4) is 0 Å². The van der Waals surface area contributed by atoms with Gasteiger partial charge in [-0.2, -0.15) is 0 Å². The van der Waals surface area contributed by atoms with E-state index in [9.17, 15) is 0 Å². The van der Waals surface area contributed by atoms with E-state index in [-0.39, 0.29) is 0 Å². The Bertz CT molecular complexity index is 485. The van der Waals surface area contributed by atoms with Crippen LogP contribution in [0.15, 0.2) is 0 Å². The van der Waals surface area contributed by atoms with Gasteiger partial charge in [-0.3, -0.25) is 9.80 Å². The van der Waals surface area contributed by atoms with E-state index < -0.39 is 0 Å². The molecular formula is C17H29N5. The number of piperidine rings is 1. The Morgan fingerprint density at radius 3 is 2.45 bits per heavy atom. The number of hydrogen-bond acceptors (Lipinski definition) is 4. The molecule has 0 spiro atoms. The van der Waals surface area contributed by atoms with E-state index >= 15 is 0 Å². The first-order valence-electron chi connectivity index (χ1n) is 9.24. The van der Waals surface area contributed by atoms with Crippen molar-refractivity contribution in [2.24, 2.45) is 5.92 Å². The van der Waals surface area contributed by atoms with E-state index in [2.05, 4.69) is 24.6 Å². The van der Waals surface area contributed by atoms with Gasteiger partial charge in [-0.05, 0) is 44.7 Å². The lowest BCUT2D eigenvalue weighted by Gasteiger charge is -2.31. The third-order valence-corrected chi connectivity index (χ3v) is 5.71. The minimum Gasteiger partial charge on any atom is -0.312 e. The van der Waals surface area contributed by atoms with E-state index in [4.69, 9.17) is 0 Å². The molecule has 1 aliphatic carbocycles. The predicted molar refractivity (Wildman–Crippen MR) is 86.4 cm³/mol. The van der Waals surface area contributed by atoms with Crippen LogP contribution in [0.5, 0.6) is 0 Å². The van der Waals surface area contributed by atoms with Crippen molar-refractivity contribution in [3.63, 3.8) is 0 Å². The van der Waals surface area contributed by atoms with Crippen molar-refractivity contribution >= 4 is 0 Å². The van der Waals surface area contributed by atoms with Gasteiger partial charge in [0.05, 0.1) is 13.1 Å². The topological polar surface area (TPSA) is 37.2 Å². The Balaban J connectivity index is 1.36. The SMILES string of the molecule is C1CCN(Cc2nnc3n2CCN(CC2CCCC2)C3)CC1. The number of rotatable bonds is 4. The number of aromatic nitrogens is 3. The van der Waals surface area contributed by atoms with Crippen molar-refractivity contribution in [3.05, 3.63) is 11.6 Å². The fourth-order valence-electron chi connectivity index (χ4n) is 4.42. The van der Waals surface area contributed by atoms with E-state index in [0.29, 0.717) is 0 Å². The van der Waals surface area contributed by atoms with Crippen LogP contribution in [0.1, 0.15) is 56.6 Å². The second-order valence-corrected chi connectivity index (χ2v) is 7.41. The highest BCUT2D eigenvalue weighted by Crippen LogP contribution is 2.26. The lowest BCUT2D eigenvalue weighted by molar-refractivity contribution is 0.177. The maximum Gasteiger partial charge on any atom is 0.147 e. The Kier molecular flexibility index (Phi) is 4.44. The number of hydrogen-bond donors (Lipinski definition) is 0. The molecule has 0 unspecified atom stereocenters. The predicted octanol–water partition coefficient (Wildman–Crippen LogP) is 2.27. The van der Waals surface area contributed by atoms with Crippen LogP contribution in [0.4, 0.5) is 0 Å². The van der Waals surface area contributed by atoms with E-state index in [1.54, 1.807) is 0 Å². The molecule has 0 N–H and O–H groups in total. The van der Waals surface area contributed by atoms with E-state index in [1.807, 2.05) is 0 Å². The quantitative estimate of drug-likeness (QED) is 0.855. The van der Waals surface area contributed by atoms with Crippen molar-refractivity contribution < 1.29 is 0 Å². The monoisotopic (exact) mass is 303 g/mol. The zero-order valence-corrected chi connectivity index (χ0v) is 13.7. The minimum absolute atomic E-state index is 0.933. The van der Waals surface area contributed by atoms with Crippen LogP contribution in [-0.4, -0.2) is 50.7 Å². The van der Waals surface area contributed by atoms with Gasteiger partial charge in [0, 0.05) is 19.6 Å². The van der Waals surface area contributed by atoms with Gasteiger partial charge in [0.25, 0.3) is 0 Å². The van der Waals surface area contributed by atoms with E-state index in [0.717, 1.165) is 25.6 Å². The summed E-state index contributed by atoms with van der Waals surface area (Å²) in [5.74, 6) is 3.32. The van der Waals surface area contributed by atoms with Crippen molar-refractivity contribution in [2.75, 3.05) is 26.2 Å². The van der Waals surface area contributed by atoms with Gasteiger partial charge < -0.3 is 4.57 Å². The average molecular weight is 303 g/mol. The highest BCUT2D eigenvalue weighted by atomic mass is 15.4. The smallest absolute Gasteiger partial charge is 0.147 e. The Morgan fingerprint density at radius 2 is 1.64 bits per heavy atom. The van der Waals surface area contributed by atoms with Crippen molar-refractivity contribution in [2.45, 2.75) is 64.6 Å². The molecule has 4 rings (SSSR count). The summed E-state index contributed by atoms with van der Waals surface area (Å²) < 4.78 is 2.39. The van der Waals surface area contributed by atoms with E-state index in [1.165, 1.54) is 82.8 Å². The molecule has 3 heterocycles. The van der Waals surface area contributed by atoms with Gasteiger partial charge in [-0.25, -0.2) is 0 Å². The molecule has 0 aromatic carbocycles. The Labute approximate surface area is 133 Å². The average Bonchev–Trinajstić information content (AvgIpc) is 3.19. The van der Waals surface area contributed by atoms with Crippen LogP contribution < -0.4 is 0 Å². The molecule has 0 bridgehead atoms. The normalized spacial score (nSPS) is 24.7. The van der Waals surface area contributed by atoms with Crippen molar-refractivity contribution in [1.82, 2.24) is 24.6 Å². The summed E-state index contributed by atoms with van der Waals surface area (Å²) in [6, 6.07) is 0. The third-order valence-electron chi connectivity index (χ3n) is 5.71. The largest absolute Gasteiger partial charge is 0.312 e. The van der Waals surface area contributed by atoms with Crippen molar-refractivity contribution in [3.8, 4) is 0 Å². The van der Waals surface area contributed by atoms with Crippen LogP contribution in [0.2, 0.25) is 0 Å². The molecular weight excluding hydrogens is 274 g/mol. The lowest BCUT2D eigenvalue weighted by atomic mass is 10.1. The number of fused-ring (bicyclic) bond motifs is 1. The van der Waals surface area contributed by atoms with Gasteiger partial charge in [0.2, 0.25) is 0 Å². The maximum atomic E-state index is 4.50. The summed E-state index contributed by atoms with van der Waals surface area (Å²) in [6.07, 6.45) is 9.83. The fourth-order valence-corrected chi connectivity index (χ4v) is 4.42. The summed E-state index contributed by atoms with van der Waals surface area (Å²) in [4.78, 5) is 5.15. The molecule has 5 heteroatoms. The molecule has 2 fully saturated rings. The molecule has 0 amide bonds. The molecule has 22 heavy (non-hydrogen) atoms. The molecule has 1 aromatic heterocycles. The van der Waals surface area contributed by atoms with Gasteiger partial charge in [-0.15, -0.1) is 10.2 Å². The summed E-state index contributed by atoms with van der Waals surface area (Å²) in [6.45, 7) is 7.99. The van der Waals surface area contributed by atoms with Gasteiger partial charge in [-0.1, -0.05) is 19.3 Å². The van der Waals surface area contributed by atoms with Gasteiger partial charge in [0.15, 0.2) is 0 Å². The maximum absolute atomic E-state index is 4.50. The first kappa shape index (κ1) is 14.6. The van der Waals surface area contributed by atoms with Crippen molar-refractivity contribution in [1.29, 1.82) is 0 Å². The second kappa shape index (κ2) is 6.67. The zero-order valence-electron chi connectivity index (χ0n) is 13.7. The molecule has 122 valence electrons. The first-order valence-corrected chi connectivity index (χ1v) is 9.24. The van der Waals surface area contributed by atoms with Crippen LogP contribution in [-0.2, 0) is 19.6 Å². The second-order valence-electron chi connectivity index (χ2n) is 7.41.